The van der Waals surface area contributed by atoms with Gasteiger partial charge < -0.3 is 9.80 Å². The Bertz CT molecular complexity index is 311. The number of hydrogen-bond acceptors (Lipinski definition) is 4. The number of nitrogens with zero attached hydrogens (tertiary/aromatic N) is 2. The van der Waals surface area contributed by atoms with Crippen molar-refractivity contribution in [3.05, 3.63) is 0 Å². The normalized spacial score (nSPS) is 11.6. The first kappa shape index (κ1) is 18.9. The zero-order valence-electron chi connectivity index (χ0n) is 13.4. The molecule has 0 bridgehead atoms. The number of amides is 2. The maximum Gasteiger partial charge on any atom is 0.262 e. The van der Waals surface area contributed by atoms with Gasteiger partial charge in [0.15, 0.2) is 0 Å². The van der Waals surface area contributed by atoms with Crippen LogP contribution in [0.3, 0.4) is 0 Å². The van der Waals surface area contributed by atoms with E-state index in [0.29, 0.717) is 13.0 Å². The summed E-state index contributed by atoms with van der Waals surface area (Å²) < 4.78 is 0. The van der Waals surface area contributed by atoms with Gasteiger partial charge >= 0.3 is 0 Å². The summed E-state index contributed by atoms with van der Waals surface area (Å²) in [5, 5.41) is 8.60. The van der Waals surface area contributed by atoms with Crippen LogP contribution in [0.25, 0.3) is 0 Å². The molecule has 0 aromatic carbocycles. The van der Waals surface area contributed by atoms with E-state index in [1.54, 1.807) is 5.48 Å². The first-order valence-corrected chi connectivity index (χ1v) is 7.01. The molecule has 0 radical (unpaired) electrons. The van der Waals surface area contributed by atoms with Crippen molar-refractivity contribution < 1.29 is 14.8 Å². The minimum Gasteiger partial charge on any atom is -0.333 e. The van der Waals surface area contributed by atoms with Crippen LogP contribution in [0, 0.1) is 5.41 Å². The monoisotopic (exact) mass is 287 g/mol. The Hall–Kier alpha value is -1.14. The summed E-state index contributed by atoms with van der Waals surface area (Å²) in [6.45, 7) is 7.36. The third-order valence-electron chi connectivity index (χ3n) is 2.78. The molecule has 0 saturated heterocycles. The van der Waals surface area contributed by atoms with Crippen molar-refractivity contribution in [1.82, 2.24) is 15.3 Å². The highest BCUT2D eigenvalue weighted by atomic mass is 16.5. The Balaban J connectivity index is 4.40. The number of unbranched alkanes of at least 4 members (excludes halogenated alkanes) is 1. The number of carbonyl (C=O) groups excluding carboxylic acids is 2. The van der Waals surface area contributed by atoms with E-state index in [0.717, 1.165) is 19.4 Å². The van der Waals surface area contributed by atoms with Crippen LogP contribution in [0.15, 0.2) is 0 Å². The van der Waals surface area contributed by atoms with Gasteiger partial charge in [-0.2, -0.15) is 0 Å². The van der Waals surface area contributed by atoms with E-state index in [9.17, 15) is 9.59 Å². The topological polar surface area (TPSA) is 72.9 Å². The number of hydrogen-bond donors (Lipinski definition) is 2. The highest BCUT2D eigenvalue weighted by Gasteiger charge is 2.22. The fraction of sp³-hybridized carbons (Fsp3) is 0.857. The molecule has 0 spiro atoms. The van der Waals surface area contributed by atoms with Gasteiger partial charge in [-0.1, -0.05) is 20.8 Å². The van der Waals surface area contributed by atoms with Crippen LogP contribution in [0.1, 0.15) is 40.0 Å². The van der Waals surface area contributed by atoms with Crippen LogP contribution in [0.4, 0.5) is 0 Å². The van der Waals surface area contributed by atoms with Crippen molar-refractivity contribution in [3.8, 4) is 0 Å². The second-order valence-corrected chi connectivity index (χ2v) is 6.60. The van der Waals surface area contributed by atoms with Gasteiger partial charge in [0.1, 0.15) is 6.54 Å². The van der Waals surface area contributed by atoms with E-state index in [1.807, 2.05) is 34.9 Å². The van der Waals surface area contributed by atoms with E-state index < -0.39 is 5.91 Å². The molecule has 0 aliphatic carbocycles. The molecule has 6 heteroatoms. The molecular weight excluding hydrogens is 258 g/mol. The Morgan fingerprint density at radius 1 is 1.10 bits per heavy atom. The van der Waals surface area contributed by atoms with E-state index in [4.69, 9.17) is 5.21 Å². The summed E-state index contributed by atoms with van der Waals surface area (Å²) in [5.41, 5.74) is 1.46. The third-order valence-corrected chi connectivity index (χ3v) is 2.78. The molecule has 0 aromatic heterocycles. The maximum atomic E-state index is 12.2. The fourth-order valence-electron chi connectivity index (χ4n) is 1.80. The number of hydroxylamine groups is 1. The molecule has 2 N–H and O–H groups in total. The van der Waals surface area contributed by atoms with Crippen molar-refractivity contribution >= 4 is 11.8 Å². The number of rotatable bonds is 8. The molecule has 0 rings (SSSR count). The first-order valence-electron chi connectivity index (χ1n) is 7.01. The van der Waals surface area contributed by atoms with E-state index in [-0.39, 0.29) is 17.9 Å². The van der Waals surface area contributed by atoms with Crippen LogP contribution in [0.5, 0.6) is 0 Å². The molecule has 6 nitrogen and oxygen atoms in total. The van der Waals surface area contributed by atoms with Gasteiger partial charge in [0.2, 0.25) is 5.91 Å². The quantitative estimate of drug-likeness (QED) is 0.398. The molecule has 20 heavy (non-hydrogen) atoms. The number of nitrogens with one attached hydrogen (secondary N) is 1. The van der Waals surface area contributed by atoms with Gasteiger partial charge in [-0.3, -0.25) is 14.8 Å². The molecule has 0 unspecified atom stereocenters. The summed E-state index contributed by atoms with van der Waals surface area (Å²) in [6, 6.07) is 0. The van der Waals surface area contributed by atoms with Crippen LogP contribution in [-0.2, 0) is 9.59 Å². The zero-order chi connectivity index (χ0) is 15.8. The highest BCUT2D eigenvalue weighted by molar-refractivity contribution is 5.84. The van der Waals surface area contributed by atoms with Crippen LogP contribution in [-0.4, -0.2) is 60.6 Å². The number of carbonyl (C=O) groups is 2. The molecule has 0 heterocycles. The molecule has 118 valence electrons. The molecule has 0 atom stereocenters. The van der Waals surface area contributed by atoms with Crippen LogP contribution >= 0.6 is 0 Å². The Morgan fingerprint density at radius 2 is 1.65 bits per heavy atom. The largest absolute Gasteiger partial charge is 0.333 e. The molecular formula is C14H29N3O3. The average molecular weight is 287 g/mol. The third kappa shape index (κ3) is 9.75. The van der Waals surface area contributed by atoms with Gasteiger partial charge in [0.05, 0.1) is 0 Å². The van der Waals surface area contributed by atoms with Crippen LogP contribution < -0.4 is 5.48 Å². The highest BCUT2D eigenvalue weighted by Crippen LogP contribution is 2.20. The zero-order valence-corrected chi connectivity index (χ0v) is 13.4. The first-order chi connectivity index (χ1) is 9.15. The lowest BCUT2D eigenvalue weighted by Gasteiger charge is -2.26. The Morgan fingerprint density at radius 3 is 2.10 bits per heavy atom. The van der Waals surface area contributed by atoms with Crippen molar-refractivity contribution in [1.29, 1.82) is 0 Å². The lowest BCUT2D eigenvalue weighted by atomic mass is 9.91. The molecule has 0 saturated carbocycles. The second-order valence-electron chi connectivity index (χ2n) is 6.60. The van der Waals surface area contributed by atoms with E-state index in [1.165, 1.54) is 4.90 Å². The van der Waals surface area contributed by atoms with Gasteiger partial charge in [0.25, 0.3) is 5.91 Å². The van der Waals surface area contributed by atoms with E-state index >= 15 is 0 Å². The summed E-state index contributed by atoms with van der Waals surface area (Å²) in [5.74, 6) is -0.606. The van der Waals surface area contributed by atoms with Gasteiger partial charge in [0, 0.05) is 13.0 Å². The predicted molar refractivity (Wildman–Crippen MR) is 78.4 cm³/mol. The van der Waals surface area contributed by atoms with Crippen molar-refractivity contribution in [3.63, 3.8) is 0 Å². The van der Waals surface area contributed by atoms with Crippen molar-refractivity contribution in [2.75, 3.05) is 33.7 Å². The molecule has 0 aliphatic heterocycles. The van der Waals surface area contributed by atoms with Crippen LogP contribution in [0.2, 0.25) is 0 Å². The van der Waals surface area contributed by atoms with Gasteiger partial charge in [-0.15, -0.1) is 0 Å². The standard InChI is InChI=1S/C14H29N3O3/c1-14(2,3)10-13(19)17(11-12(18)15-20)9-7-6-8-16(4)5/h20H,6-11H2,1-5H3,(H,15,18). The molecule has 0 aromatic rings. The molecule has 2 amide bonds. The Labute approximate surface area is 122 Å². The average Bonchev–Trinajstić information content (AvgIpc) is 2.30. The lowest BCUT2D eigenvalue weighted by molar-refractivity contribution is -0.140. The minimum absolute atomic E-state index is 0.0500. The SMILES string of the molecule is CN(C)CCCCN(CC(=O)NO)C(=O)CC(C)(C)C. The maximum absolute atomic E-state index is 12.2. The predicted octanol–water partition coefficient (Wildman–Crippen LogP) is 1.10. The lowest BCUT2D eigenvalue weighted by Crippen LogP contribution is -2.41. The second kappa shape index (κ2) is 8.92. The Kier molecular flexibility index (Phi) is 8.41. The van der Waals surface area contributed by atoms with Crippen molar-refractivity contribution in [2.45, 2.75) is 40.0 Å². The fourth-order valence-corrected chi connectivity index (χ4v) is 1.80. The summed E-state index contributed by atoms with van der Waals surface area (Å²) in [4.78, 5) is 27.1. The smallest absolute Gasteiger partial charge is 0.262 e. The summed E-state index contributed by atoms with van der Waals surface area (Å²) >= 11 is 0. The molecule has 0 fully saturated rings. The van der Waals surface area contributed by atoms with Gasteiger partial charge in [-0.25, -0.2) is 5.48 Å². The molecule has 0 aliphatic rings. The minimum atomic E-state index is -0.556. The van der Waals surface area contributed by atoms with Gasteiger partial charge in [-0.05, 0) is 38.9 Å². The summed E-state index contributed by atoms with van der Waals surface area (Å²) in [7, 11) is 4.00. The summed E-state index contributed by atoms with van der Waals surface area (Å²) in [6.07, 6.45) is 2.19. The van der Waals surface area contributed by atoms with Crippen molar-refractivity contribution in [2.24, 2.45) is 5.41 Å². The van der Waals surface area contributed by atoms with E-state index in [2.05, 4.69) is 4.90 Å².